The summed E-state index contributed by atoms with van der Waals surface area (Å²) in [5.74, 6) is -0.0321. The second kappa shape index (κ2) is 9.45. The van der Waals surface area contributed by atoms with E-state index in [1.54, 1.807) is 0 Å². The maximum atomic E-state index is 12.7. The minimum absolute atomic E-state index is 0.0163. The molecule has 32 heavy (non-hydrogen) atoms. The molecule has 164 valence electrons. The first-order valence-electron chi connectivity index (χ1n) is 9.25. The number of carbonyl (C=O) groups is 1. The lowest BCUT2D eigenvalue weighted by Crippen LogP contribution is -2.10. The number of anilines is 1. The molecule has 1 amide bonds. The van der Waals surface area contributed by atoms with Crippen molar-refractivity contribution in [3.05, 3.63) is 82.6 Å². The van der Waals surface area contributed by atoms with Crippen LogP contribution in [-0.4, -0.2) is 24.5 Å². The van der Waals surface area contributed by atoms with Crippen molar-refractivity contribution in [2.75, 3.05) is 5.32 Å². The summed E-state index contributed by atoms with van der Waals surface area (Å²) in [6.07, 6.45) is 0. The van der Waals surface area contributed by atoms with Crippen molar-refractivity contribution in [3.63, 3.8) is 0 Å². The maximum Gasteiger partial charge on any atom is 0.293 e. The summed E-state index contributed by atoms with van der Waals surface area (Å²) in [5, 5.41) is 11.0. The van der Waals surface area contributed by atoms with Crippen LogP contribution < -0.4 is 5.32 Å². The van der Waals surface area contributed by atoms with Crippen LogP contribution in [0.3, 0.4) is 0 Å². The molecule has 0 saturated carbocycles. The Morgan fingerprint density at radius 1 is 1.09 bits per heavy atom. The van der Waals surface area contributed by atoms with E-state index in [-0.39, 0.29) is 15.7 Å². The first kappa shape index (κ1) is 22.5. The summed E-state index contributed by atoms with van der Waals surface area (Å²) in [7, 11) is -3.91. The number of hydrogen-bond donors (Lipinski definition) is 1. The predicted molar refractivity (Wildman–Crippen MR) is 124 cm³/mol. The van der Waals surface area contributed by atoms with Gasteiger partial charge in [-0.15, -0.1) is 10.2 Å². The maximum absolute atomic E-state index is 12.7. The number of sulfone groups is 1. The van der Waals surface area contributed by atoms with Gasteiger partial charge in [0.15, 0.2) is 10.1 Å². The number of hydrogen-bond acceptors (Lipinski definition) is 8. The summed E-state index contributed by atoms with van der Waals surface area (Å²) >= 11 is 8.55. The van der Waals surface area contributed by atoms with Crippen molar-refractivity contribution in [3.8, 4) is 0 Å². The van der Waals surface area contributed by atoms with E-state index in [4.69, 9.17) is 16.0 Å². The Kier molecular flexibility index (Phi) is 6.66. The van der Waals surface area contributed by atoms with Gasteiger partial charge in [0.05, 0.1) is 4.90 Å². The van der Waals surface area contributed by atoms with Crippen LogP contribution in [0.1, 0.15) is 21.7 Å². The number of halogens is 1. The molecule has 2 aromatic heterocycles. The Bertz CT molecular complexity index is 1360. The van der Waals surface area contributed by atoms with Gasteiger partial charge in [0.1, 0.15) is 0 Å². The van der Waals surface area contributed by atoms with Crippen molar-refractivity contribution < 1.29 is 17.6 Å². The van der Waals surface area contributed by atoms with Crippen molar-refractivity contribution in [1.29, 1.82) is 0 Å². The zero-order valence-corrected chi connectivity index (χ0v) is 19.8. The largest absolute Gasteiger partial charge is 0.439 e. The fourth-order valence-corrected chi connectivity index (χ4v) is 5.83. The van der Waals surface area contributed by atoms with Gasteiger partial charge >= 0.3 is 0 Å². The molecule has 0 saturated heterocycles. The molecule has 4 aromatic rings. The van der Waals surface area contributed by atoms with Gasteiger partial charge in [-0.3, -0.25) is 10.1 Å². The van der Waals surface area contributed by atoms with Gasteiger partial charge in [-0.1, -0.05) is 59.0 Å². The number of rotatable bonds is 7. The standard InChI is InChI=1S/C21H16ClN3O4S3/c1-13-4-2-3-5-14(13)12-30-21-25-24-20(31-21)23-19(26)17-10-11-18(29-17)32(27,28)16-8-6-15(22)7-9-16/h2-11H,12H2,1H3,(H,23,24,26). The summed E-state index contributed by atoms with van der Waals surface area (Å²) in [5.41, 5.74) is 2.39. The highest BCUT2D eigenvalue weighted by Gasteiger charge is 2.24. The molecule has 11 heteroatoms. The van der Waals surface area contributed by atoms with Crippen LogP contribution in [0.4, 0.5) is 5.13 Å². The van der Waals surface area contributed by atoms with E-state index in [0.29, 0.717) is 14.5 Å². The molecule has 0 aliphatic heterocycles. The molecule has 2 aromatic carbocycles. The summed E-state index contributed by atoms with van der Waals surface area (Å²) < 4.78 is 31.3. The number of nitrogens with one attached hydrogen (secondary N) is 1. The molecule has 7 nitrogen and oxygen atoms in total. The van der Waals surface area contributed by atoms with Crippen LogP contribution >= 0.6 is 34.7 Å². The van der Waals surface area contributed by atoms with Gasteiger partial charge in [-0.25, -0.2) is 8.42 Å². The van der Waals surface area contributed by atoms with E-state index < -0.39 is 15.7 Å². The molecular formula is C21H16ClN3O4S3. The van der Waals surface area contributed by atoms with Gasteiger partial charge in [-0.2, -0.15) is 0 Å². The highest BCUT2D eigenvalue weighted by Crippen LogP contribution is 2.30. The second-order valence-electron chi connectivity index (χ2n) is 6.62. The van der Waals surface area contributed by atoms with Crippen LogP contribution in [-0.2, 0) is 15.6 Å². The first-order chi connectivity index (χ1) is 15.3. The molecule has 0 radical (unpaired) electrons. The number of benzene rings is 2. The average Bonchev–Trinajstić information content (AvgIpc) is 3.44. The summed E-state index contributed by atoms with van der Waals surface area (Å²) in [6.45, 7) is 2.05. The first-order valence-corrected chi connectivity index (χ1v) is 12.9. The lowest BCUT2D eigenvalue weighted by molar-refractivity contribution is 0.0991. The third-order valence-electron chi connectivity index (χ3n) is 4.43. The van der Waals surface area contributed by atoms with Gasteiger partial charge in [0, 0.05) is 10.8 Å². The molecule has 1 N–H and O–H groups in total. The molecule has 0 aliphatic rings. The van der Waals surface area contributed by atoms with Crippen LogP contribution in [0.15, 0.2) is 79.4 Å². The van der Waals surface area contributed by atoms with Crippen LogP contribution in [0.5, 0.6) is 0 Å². The van der Waals surface area contributed by atoms with E-state index in [9.17, 15) is 13.2 Å². The van der Waals surface area contributed by atoms with Crippen molar-refractivity contribution in [1.82, 2.24) is 10.2 Å². The molecule has 0 fully saturated rings. The van der Waals surface area contributed by atoms with Gasteiger partial charge in [0.2, 0.25) is 20.1 Å². The molecule has 0 bridgehead atoms. The fraction of sp³-hybridized carbons (Fsp3) is 0.0952. The van der Waals surface area contributed by atoms with Crippen molar-refractivity contribution in [2.24, 2.45) is 0 Å². The monoisotopic (exact) mass is 505 g/mol. The second-order valence-corrected chi connectivity index (χ2v) is 11.1. The molecule has 0 atom stereocenters. The Labute approximate surface area is 197 Å². The molecule has 2 heterocycles. The highest BCUT2D eigenvalue weighted by molar-refractivity contribution is 8.00. The third-order valence-corrected chi connectivity index (χ3v) is 8.35. The van der Waals surface area contributed by atoms with E-state index in [2.05, 4.69) is 21.6 Å². The minimum atomic E-state index is -3.91. The van der Waals surface area contributed by atoms with E-state index in [1.165, 1.54) is 70.6 Å². The molecule has 0 unspecified atom stereocenters. The summed E-state index contributed by atoms with van der Waals surface area (Å²) in [6, 6.07) is 16.3. The number of amides is 1. The molecular weight excluding hydrogens is 490 g/mol. The lowest BCUT2D eigenvalue weighted by Gasteiger charge is -2.02. The molecule has 0 spiro atoms. The van der Waals surface area contributed by atoms with Gasteiger partial charge in [-0.05, 0) is 54.4 Å². The van der Waals surface area contributed by atoms with E-state index in [0.717, 1.165) is 5.75 Å². The third kappa shape index (κ3) is 5.04. The Hall–Kier alpha value is -2.66. The van der Waals surface area contributed by atoms with Crippen molar-refractivity contribution in [2.45, 2.75) is 27.0 Å². The topological polar surface area (TPSA) is 102 Å². The van der Waals surface area contributed by atoms with Crippen molar-refractivity contribution >= 4 is 55.6 Å². The highest BCUT2D eigenvalue weighted by atomic mass is 35.5. The summed E-state index contributed by atoms with van der Waals surface area (Å²) in [4.78, 5) is 12.5. The number of nitrogens with zero attached hydrogens (tertiary/aromatic N) is 2. The smallest absolute Gasteiger partial charge is 0.293 e. The number of thioether (sulfide) groups is 1. The number of furan rings is 1. The average molecular weight is 506 g/mol. The lowest BCUT2D eigenvalue weighted by atomic mass is 10.1. The predicted octanol–water partition coefficient (Wildman–Crippen LogP) is 5.47. The normalized spacial score (nSPS) is 11.4. The quantitative estimate of drug-likeness (QED) is 0.262. The van der Waals surface area contributed by atoms with Gasteiger partial charge in [0.25, 0.3) is 5.91 Å². The Morgan fingerprint density at radius 2 is 1.84 bits per heavy atom. The molecule has 0 aliphatic carbocycles. The van der Waals surface area contributed by atoms with Crippen LogP contribution in [0.25, 0.3) is 0 Å². The zero-order chi connectivity index (χ0) is 22.7. The Morgan fingerprint density at radius 3 is 2.59 bits per heavy atom. The van der Waals surface area contributed by atoms with Crippen LogP contribution in [0, 0.1) is 6.92 Å². The number of carbonyl (C=O) groups excluding carboxylic acids is 1. The minimum Gasteiger partial charge on any atom is -0.439 e. The molecule has 4 rings (SSSR count). The number of aromatic nitrogens is 2. The SMILES string of the molecule is Cc1ccccc1CSc1nnc(NC(=O)c2ccc(S(=O)(=O)c3ccc(Cl)cc3)o2)s1. The number of aryl methyl sites for hydroxylation is 1. The van der Waals surface area contributed by atoms with Gasteiger partial charge < -0.3 is 4.42 Å². The van der Waals surface area contributed by atoms with Crippen LogP contribution in [0.2, 0.25) is 5.02 Å². The van der Waals surface area contributed by atoms with E-state index in [1.807, 2.05) is 25.1 Å². The zero-order valence-electron chi connectivity index (χ0n) is 16.6. The fourth-order valence-electron chi connectivity index (χ4n) is 2.71. The Balaban J connectivity index is 1.41. The van der Waals surface area contributed by atoms with E-state index >= 15 is 0 Å².